The number of benzene rings is 2. The molecule has 0 atom stereocenters. The van der Waals surface area contributed by atoms with Gasteiger partial charge in [0.15, 0.2) is 0 Å². The highest BCUT2D eigenvalue weighted by Crippen LogP contribution is 2.32. The lowest BCUT2D eigenvalue weighted by atomic mass is 9.98. The lowest BCUT2D eigenvalue weighted by Gasteiger charge is -2.29. The van der Waals surface area contributed by atoms with Crippen molar-refractivity contribution < 1.29 is 9.47 Å². The first kappa shape index (κ1) is 20.2. The van der Waals surface area contributed by atoms with E-state index in [1.165, 1.54) is 30.3 Å². The Bertz CT molecular complexity index is 1050. The molecule has 1 aliphatic heterocycles. The summed E-state index contributed by atoms with van der Waals surface area (Å²) in [6.07, 6.45) is 6.32. The number of ether oxygens (including phenoxy) is 2. The summed E-state index contributed by atoms with van der Waals surface area (Å²) in [4.78, 5) is 6.74. The summed E-state index contributed by atoms with van der Waals surface area (Å²) in [5.41, 5.74) is 3.60. The third kappa shape index (κ3) is 4.39. The fourth-order valence-corrected chi connectivity index (χ4v) is 4.02. The van der Waals surface area contributed by atoms with Crippen molar-refractivity contribution in [2.45, 2.75) is 25.7 Å². The largest absolute Gasteiger partial charge is 0.477 e. The molecule has 1 fully saturated rings. The normalized spacial score (nSPS) is 13.9. The summed E-state index contributed by atoms with van der Waals surface area (Å²) in [6, 6.07) is 17.2. The summed E-state index contributed by atoms with van der Waals surface area (Å²) in [5, 5.41) is 12.1. The number of methoxy groups -OCH3 is 1. The second kappa shape index (κ2) is 9.60. The van der Waals surface area contributed by atoms with Gasteiger partial charge < -0.3 is 14.4 Å². The van der Waals surface area contributed by atoms with E-state index in [4.69, 9.17) is 9.47 Å². The van der Waals surface area contributed by atoms with E-state index in [9.17, 15) is 5.26 Å². The van der Waals surface area contributed by atoms with Crippen molar-refractivity contribution in [3.05, 3.63) is 54.2 Å². The average molecular weight is 402 g/mol. The second-order valence-corrected chi connectivity index (χ2v) is 7.64. The first-order valence-electron chi connectivity index (χ1n) is 10.6. The van der Waals surface area contributed by atoms with Crippen molar-refractivity contribution in [3.8, 4) is 23.1 Å². The van der Waals surface area contributed by atoms with Crippen LogP contribution in [0.15, 0.2) is 48.7 Å². The molecule has 154 valence electrons. The lowest BCUT2D eigenvalue weighted by Crippen LogP contribution is -2.29. The van der Waals surface area contributed by atoms with E-state index in [2.05, 4.69) is 52.4 Å². The molecule has 0 aliphatic carbocycles. The Hall–Kier alpha value is -3.10. The highest BCUT2D eigenvalue weighted by atomic mass is 16.5. The topological polar surface area (TPSA) is 58.4 Å². The van der Waals surface area contributed by atoms with Gasteiger partial charge in [-0.2, -0.15) is 5.26 Å². The molecule has 0 spiro atoms. The summed E-state index contributed by atoms with van der Waals surface area (Å²) in [5.74, 6) is 0.381. The Morgan fingerprint density at radius 3 is 2.60 bits per heavy atom. The van der Waals surface area contributed by atoms with Gasteiger partial charge in [-0.15, -0.1) is 0 Å². The van der Waals surface area contributed by atoms with E-state index in [0.29, 0.717) is 24.7 Å². The van der Waals surface area contributed by atoms with Crippen molar-refractivity contribution in [1.29, 1.82) is 5.26 Å². The summed E-state index contributed by atoms with van der Waals surface area (Å²) < 4.78 is 10.8. The predicted molar refractivity (Wildman–Crippen MR) is 120 cm³/mol. The van der Waals surface area contributed by atoms with E-state index in [1.807, 2.05) is 6.07 Å². The number of hydrogen-bond donors (Lipinski definition) is 0. The Morgan fingerprint density at radius 2 is 1.80 bits per heavy atom. The van der Waals surface area contributed by atoms with Gasteiger partial charge in [0, 0.05) is 50.7 Å². The second-order valence-electron chi connectivity index (χ2n) is 7.64. The highest BCUT2D eigenvalue weighted by Gasteiger charge is 2.14. The smallest absolute Gasteiger partial charge is 0.232 e. The molecular weight excluding hydrogens is 374 g/mol. The van der Waals surface area contributed by atoms with Crippen molar-refractivity contribution in [3.63, 3.8) is 0 Å². The van der Waals surface area contributed by atoms with Crippen LogP contribution in [-0.4, -0.2) is 38.4 Å². The maximum atomic E-state index is 9.76. The van der Waals surface area contributed by atoms with Crippen molar-refractivity contribution >= 4 is 16.5 Å². The van der Waals surface area contributed by atoms with Crippen LogP contribution in [0.5, 0.6) is 5.88 Å². The number of nitriles is 1. The summed E-state index contributed by atoms with van der Waals surface area (Å²) in [6.45, 7) is 3.36. The fraction of sp³-hybridized carbons (Fsp3) is 0.360. The first-order chi connectivity index (χ1) is 14.8. The van der Waals surface area contributed by atoms with Gasteiger partial charge >= 0.3 is 0 Å². The molecule has 2 heterocycles. The van der Waals surface area contributed by atoms with E-state index < -0.39 is 0 Å². The molecule has 0 saturated carbocycles. The minimum absolute atomic E-state index is 0.381. The number of rotatable bonds is 7. The standard InChI is InChI=1S/C25H27N3O2/c1-29-14-5-15-30-25-24(18-26)23(10-11-27-25)21-7-6-20-17-22(9-8-19(20)16-21)28-12-3-2-4-13-28/h6-11,16-17H,2-5,12-15H2,1H3. The van der Waals surface area contributed by atoms with Crippen LogP contribution in [0, 0.1) is 11.3 Å². The van der Waals surface area contributed by atoms with Gasteiger partial charge in [0.1, 0.15) is 11.6 Å². The first-order valence-corrected chi connectivity index (χ1v) is 10.6. The molecule has 30 heavy (non-hydrogen) atoms. The van der Waals surface area contributed by atoms with Gasteiger partial charge in [0.05, 0.1) is 6.61 Å². The van der Waals surface area contributed by atoms with Crippen LogP contribution in [-0.2, 0) is 4.74 Å². The minimum Gasteiger partial charge on any atom is -0.477 e. The summed E-state index contributed by atoms with van der Waals surface area (Å²) in [7, 11) is 1.66. The molecule has 3 aromatic rings. The number of nitrogens with zero attached hydrogens (tertiary/aromatic N) is 3. The molecule has 2 aromatic carbocycles. The predicted octanol–water partition coefficient (Wildman–Crippen LogP) is 5.18. The van der Waals surface area contributed by atoms with Gasteiger partial charge in [-0.3, -0.25) is 0 Å². The molecule has 5 heteroatoms. The minimum atomic E-state index is 0.381. The fourth-order valence-electron chi connectivity index (χ4n) is 4.02. The van der Waals surface area contributed by atoms with Crippen molar-refractivity contribution in [2.24, 2.45) is 0 Å². The molecule has 0 unspecified atom stereocenters. The van der Waals surface area contributed by atoms with Crippen molar-refractivity contribution in [2.75, 3.05) is 38.3 Å². The highest BCUT2D eigenvalue weighted by molar-refractivity contribution is 5.90. The third-order valence-electron chi connectivity index (χ3n) is 5.62. The van der Waals surface area contributed by atoms with Crippen LogP contribution in [0.25, 0.3) is 21.9 Å². The summed E-state index contributed by atoms with van der Waals surface area (Å²) >= 11 is 0. The SMILES string of the molecule is COCCCOc1nccc(-c2ccc3cc(N4CCCCC4)ccc3c2)c1C#N. The van der Waals surface area contributed by atoms with Crippen LogP contribution in [0.2, 0.25) is 0 Å². The number of pyridine rings is 1. The molecule has 0 amide bonds. The Balaban J connectivity index is 1.62. The molecule has 5 nitrogen and oxygen atoms in total. The zero-order chi connectivity index (χ0) is 20.8. The van der Waals surface area contributed by atoms with E-state index >= 15 is 0 Å². The quantitative estimate of drug-likeness (QED) is 0.511. The monoisotopic (exact) mass is 401 g/mol. The molecule has 1 aliphatic rings. The third-order valence-corrected chi connectivity index (χ3v) is 5.62. The van der Waals surface area contributed by atoms with E-state index in [1.54, 1.807) is 13.3 Å². The van der Waals surface area contributed by atoms with Gasteiger partial charge in [-0.05, 0) is 59.9 Å². The maximum absolute atomic E-state index is 9.76. The molecule has 4 rings (SSSR count). The number of piperidine rings is 1. The zero-order valence-electron chi connectivity index (χ0n) is 17.4. The number of fused-ring (bicyclic) bond motifs is 1. The maximum Gasteiger partial charge on any atom is 0.232 e. The van der Waals surface area contributed by atoms with Crippen molar-refractivity contribution in [1.82, 2.24) is 4.98 Å². The van der Waals surface area contributed by atoms with Gasteiger partial charge in [0.2, 0.25) is 5.88 Å². The Morgan fingerprint density at radius 1 is 1.00 bits per heavy atom. The van der Waals surface area contributed by atoms with Gasteiger partial charge in [-0.1, -0.05) is 18.2 Å². The molecule has 1 saturated heterocycles. The van der Waals surface area contributed by atoms with Gasteiger partial charge in [-0.25, -0.2) is 4.98 Å². The van der Waals surface area contributed by atoms with E-state index in [-0.39, 0.29) is 0 Å². The van der Waals surface area contributed by atoms with Crippen LogP contribution in [0.1, 0.15) is 31.2 Å². The van der Waals surface area contributed by atoms with Crippen LogP contribution in [0.3, 0.4) is 0 Å². The molecule has 0 bridgehead atoms. The zero-order valence-corrected chi connectivity index (χ0v) is 17.4. The van der Waals surface area contributed by atoms with Gasteiger partial charge in [0.25, 0.3) is 0 Å². The van der Waals surface area contributed by atoms with E-state index in [0.717, 1.165) is 36.0 Å². The molecular formula is C25H27N3O2. The Labute approximate surface area is 177 Å². The number of hydrogen-bond acceptors (Lipinski definition) is 5. The number of anilines is 1. The molecule has 0 radical (unpaired) electrons. The molecule has 1 aromatic heterocycles. The number of aromatic nitrogens is 1. The lowest BCUT2D eigenvalue weighted by molar-refractivity contribution is 0.170. The van der Waals surface area contributed by atoms with Crippen LogP contribution < -0.4 is 9.64 Å². The van der Waals surface area contributed by atoms with Crippen LogP contribution >= 0.6 is 0 Å². The van der Waals surface area contributed by atoms with Crippen LogP contribution in [0.4, 0.5) is 5.69 Å². The molecule has 0 N–H and O–H groups in total. The average Bonchev–Trinajstić information content (AvgIpc) is 2.81. The Kier molecular flexibility index (Phi) is 6.46.